The molecule has 3 aromatic carbocycles. The Hall–Kier alpha value is -4.19. The van der Waals surface area contributed by atoms with Crippen LogP contribution in [0, 0.1) is 0 Å². The predicted molar refractivity (Wildman–Crippen MR) is 117 cm³/mol. The molecule has 0 aliphatic rings. The maximum absolute atomic E-state index is 12.5. The second-order valence-corrected chi connectivity index (χ2v) is 6.75. The van der Waals surface area contributed by atoms with Gasteiger partial charge in [-0.05, 0) is 30.3 Å². The van der Waals surface area contributed by atoms with Crippen LogP contribution in [-0.2, 0) is 4.79 Å². The molecule has 0 aliphatic carbocycles. The number of para-hydroxylation sites is 3. The summed E-state index contributed by atoms with van der Waals surface area (Å²) >= 11 is 0. The van der Waals surface area contributed by atoms with Crippen LogP contribution in [0.5, 0.6) is 5.75 Å². The Labute approximate surface area is 171 Å². The molecule has 0 spiro atoms. The van der Waals surface area contributed by atoms with E-state index in [0.717, 1.165) is 27.4 Å². The molecule has 0 unspecified atom stereocenters. The van der Waals surface area contributed by atoms with E-state index >= 15 is 0 Å². The molecule has 0 atom stereocenters. The van der Waals surface area contributed by atoms with Gasteiger partial charge < -0.3 is 14.5 Å². The SMILES string of the molecule is COc1cc2c(cc1NC(=O)/C=C\c1cnc3ccccc3n1)oc1ccccc12. The maximum atomic E-state index is 12.5. The van der Waals surface area contributed by atoms with E-state index in [1.54, 1.807) is 25.4 Å². The number of aromatic nitrogens is 2. The summed E-state index contributed by atoms with van der Waals surface area (Å²) in [6.07, 6.45) is 4.68. The van der Waals surface area contributed by atoms with Crippen molar-refractivity contribution in [2.75, 3.05) is 12.4 Å². The fourth-order valence-electron chi connectivity index (χ4n) is 3.41. The molecule has 2 aromatic heterocycles. The van der Waals surface area contributed by atoms with Crippen LogP contribution in [-0.4, -0.2) is 23.0 Å². The molecule has 6 heteroatoms. The Morgan fingerprint density at radius 1 is 1.00 bits per heavy atom. The molecular formula is C24H17N3O3. The van der Waals surface area contributed by atoms with Crippen LogP contribution in [0.2, 0.25) is 0 Å². The molecule has 146 valence electrons. The second kappa shape index (κ2) is 7.33. The Kier molecular flexibility index (Phi) is 4.37. The molecule has 0 fully saturated rings. The number of nitrogens with zero attached hydrogens (tertiary/aromatic N) is 2. The molecule has 5 rings (SSSR count). The van der Waals surface area contributed by atoms with Crippen molar-refractivity contribution in [1.82, 2.24) is 9.97 Å². The van der Waals surface area contributed by atoms with Crippen LogP contribution in [0.4, 0.5) is 5.69 Å². The first-order chi connectivity index (χ1) is 14.7. The van der Waals surface area contributed by atoms with Crippen LogP contribution >= 0.6 is 0 Å². The summed E-state index contributed by atoms with van der Waals surface area (Å²) in [6, 6.07) is 19.0. The summed E-state index contributed by atoms with van der Waals surface area (Å²) in [4.78, 5) is 21.3. The molecule has 6 nitrogen and oxygen atoms in total. The Bertz CT molecular complexity index is 1440. The number of methoxy groups -OCH3 is 1. The van der Waals surface area contributed by atoms with Gasteiger partial charge in [-0.2, -0.15) is 0 Å². The van der Waals surface area contributed by atoms with E-state index in [1.165, 1.54) is 6.08 Å². The number of ether oxygens (including phenoxy) is 1. The summed E-state index contributed by atoms with van der Waals surface area (Å²) in [6.45, 7) is 0. The summed E-state index contributed by atoms with van der Waals surface area (Å²) in [5.74, 6) is 0.250. The van der Waals surface area contributed by atoms with Crippen LogP contribution in [0.1, 0.15) is 5.69 Å². The highest BCUT2D eigenvalue weighted by Crippen LogP contribution is 2.36. The van der Waals surface area contributed by atoms with E-state index < -0.39 is 0 Å². The van der Waals surface area contributed by atoms with Gasteiger partial charge in [0.1, 0.15) is 16.9 Å². The normalized spacial score (nSPS) is 11.5. The lowest BCUT2D eigenvalue weighted by molar-refractivity contribution is -0.111. The van der Waals surface area contributed by atoms with Crippen LogP contribution in [0.3, 0.4) is 0 Å². The van der Waals surface area contributed by atoms with E-state index in [2.05, 4.69) is 15.3 Å². The summed E-state index contributed by atoms with van der Waals surface area (Å²) < 4.78 is 11.4. The number of hydrogen-bond acceptors (Lipinski definition) is 5. The predicted octanol–water partition coefficient (Wildman–Crippen LogP) is 5.19. The van der Waals surface area contributed by atoms with Crippen LogP contribution in [0.25, 0.3) is 39.0 Å². The zero-order valence-corrected chi connectivity index (χ0v) is 16.1. The number of anilines is 1. The monoisotopic (exact) mass is 395 g/mol. The molecule has 0 saturated carbocycles. The Morgan fingerprint density at radius 2 is 1.80 bits per heavy atom. The van der Waals surface area contributed by atoms with Crippen LogP contribution in [0.15, 0.2) is 77.4 Å². The number of amides is 1. The van der Waals surface area contributed by atoms with Crippen molar-refractivity contribution in [1.29, 1.82) is 0 Å². The molecule has 30 heavy (non-hydrogen) atoms. The number of carbonyl (C=O) groups is 1. The average Bonchev–Trinajstić information content (AvgIpc) is 3.14. The third-order valence-electron chi connectivity index (χ3n) is 4.83. The first-order valence-electron chi connectivity index (χ1n) is 9.41. The Balaban J connectivity index is 1.42. The van der Waals surface area contributed by atoms with Crippen molar-refractivity contribution >= 4 is 50.6 Å². The fraction of sp³-hybridized carbons (Fsp3) is 0.0417. The summed E-state index contributed by atoms with van der Waals surface area (Å²) in [5.41, 5.74) is 4.18. The van der Waals surface area contributed by atoms with E-state index in [0.29, 0.717) is 22.7 Å². The van der Waals surface area contributed by atoms with Gasteiger partial charge in [-0.3, -0.25) is 9.78 Å². The molecule has 0 saturated heterocycles. The lowest BCUT2D eigenvalue weighted by atomic mass is 10.1. The minimum atomic E-state index is -0.307. The highest BCUT2D eigenvalue weighted by molar-refractivity contribution is 6.09. The van der Waals surface area contributed by atoms with Gasteiger partial charge in [0.05, 0.1) is 35.7 Å². The van der Waals surface area contributed by atoms with Crippen molar-refractivity contribution < 1.29 is 13.9 Å². The second-order valence-electron chi connectivity index (χ2n) is 6.75. The minimum absolute atomic E-state index is 0.307. The summed E-state index contributed by atoms with van der Waals surface area (Å²) in [7, 11) is 1.57. The van der Waals surface area contributed by atoms with E-state index in [1.807, 2.05) is 54.6 Å². The van der Waals surface area contributed by atoms with E-state index in [9.17, 15) is 4.79 Å². The van der Waals surface area contributed by atoms with Gasteiger partial charge in [0, 0.05) is 22.9 Å². The van der Waals surface area contributed by atoms with Gasteiger partial charge in [-0.25, -0.2) is 4.98 Å². The zero-order chi connectivity index (χ0) is 20.5. The van der Waals surface area contributed by atoms with Gasteiger partial charge in [-0.1, -0.05) is 30.3 Å². The number of fused-ring (bicyclic) bond motifs is 4. The van der Waals surface area contributed by atoms with E-state index in [4.69, 9.17) is 9.15 Å². The summed E-state index contributed by atoms with van der Waals surface area (Å²) in [5, 5.41) is 4.78. The van der Waals surface area contributed by atoms with Crippen molar-refractivity contribution in [2.45, 2.75) is 0 Å². The molecule has 5 aromatic rings. The number of benzene rings is 3. The van der Waals surface area contributed by atoms with Gasteiger partial charge in [0.25, 0.3) is 0 Å². The first-order valence-corrected chi connectivity index (χ1v) is 9.41. The molecule has 0 aliphatic heterocycles. The standard InChI is InChI=1S/C24H17N3O3/c1-29-23-12-17-16-6-2-5-9-21(16)30-22(17)13-20(23)27-24(28)11-10-15-14-25-18-7-3-4-8-19(18)26-15/h2-14H,1H3,(H,27,28)/b11-10-. The van der Waals surface area contributed by atoms with Crippen molar-refractivity contribution in [3.05, 3.63) is 78.6 Å². The largest absolute Gasteiger partial charge is 0.495 e. The third-order valence-corrected chi connectivity index (χ3v) is 4.83. The quantitative estimate of drug-likeness (QED) is 0.424. The van der Waals surface area contributed by atoms with Crippen LogP contribution < -0.4 is 10.1 Å². The highest BCUT2D eigenvalue weighted by Gasteiger charge is 2.13. The van der Waals surface area contributed by atoms with Gasteiger partial charge in [0.2, 0.25) is 5.91 Å². The highest BCUT2D eigenvalue weighted by atomic mass is 16.5. The number of nitrogens with one attached hydrogen (secondary N) is 1. The minimum Gasteiger partial charge on any atom is -0.495 e. The third kappa shape index (κ3) is 3.24. The lowest BCUT2D eigenvalue weighted by Gasteiger charge is -2.09. The van der Waals surface area contributed by atoms with E-state index in [-0.39, 0.29) is 5.91 Å². The Morgan fingerprint density at radius 3 is 2.67 bits per heavy atom. The lowest BCUT2D eigenvalue weighted by Crippen LogP contribution is -2.09. The number of rotatable bonds is 4. The smallest absolute Gasteiger partial charge is 0.248 e. The number of furan rings is 1. The van der Waals surface area contributed by atoms with Crippen molar-refractivity contribution in [3.8, 4) is 5.75 Å². The van der Waals surface area contributed by atoms with Gasteiger partial charge >= 0.3 is 0 Å². The zero-order valence-electron chi connectivity index (χ0n) is 16.1. The molecule has 1 amide bonds. The number of hydrogen-bond donors (Lipinski definition) is 1. The van der Waals surface area contributed by atoms with Gasteiger partial charge in [0.15, 0.2) is 0 Å². The molecule has 2 heterocycles. The average molecular weight is 395 g/mol. The molecular weight excluding hydrogens is 378 g/mol. The topological polar surface area (TPSA) is 77.2 Å². The molecule has 1 N–H and O–H groups in total. The first kappa shape index (κ1) is 17.9. The van der Waals surface area contributed by atoms with Crippen molar-refractivity contribution in [2.24, 2.45) is 0 Å². The molecule has 0 bridgehead atoms. The fourth-order valence-corrected chi connectivity index (χ4v) is 3.41. The maximum Gasteiger partial charge on any atom is 0.248 e. The van der Waals surface area contributed by atoms with Gasteiger partial charge in [-0.15, -0.1) is 0 Å². The molecule has 0 radical (unpaired) electrons. The number of carbonyl (C=O) groups excluding carboxylic acids is 1. The van der Waals surface area contributed by atoms with Crippen molar-refractivity contribution in [3.63, 3.8) is 0 Å².